The van der Waals surface area contributed by atoms with Gasteiger partial charge in [-0.2, -0.15) is 0 Å². The van der Waals surface area contributed by atoms with Crippen LogP contribution in [0.2, 0.25) is 10.0 Å². The molecule has 96 valence electrons. The summed E-state index contributed by atoms with van der Waals surface area (Å²) in [6.07, 6.45) is 6.75. The Hall–Kier alpha value is -0.990. The van der Waals surface area contributed by atoms with Crippen LogP contribution in [0, 0.1) is 0 Å². The fourth-order valence-corrected chi connectivity index (χ4v) is 2.49. The number of piperidine rings is 1. The summed E-state index contributed by atoms with van der Waals surface area (Å²) < 4.78 is 0. The predicted octanol–water partition coefficient (Wildman–Crippen LogP) is 4.02. The van der Waals surface area contributed by atoms with E-state index in [1.807, 2.05) is 11.0 Å². The molecule has 0 aromatic heterocycles. The van der Waals surface area contributed by atoms with Gasteiger partial charge in [-0.15, -0.1) is 0 Å². The first kappa shape index (κ1) is 13.4. The number of rotatable bonds is 2. The molecule has 0 unspecified atom stereocenters. The van der Waals surface area contributed by atoms with E-state index in [1.165, 1.54) is 6.42 Å². The number of halogens is 2. The van der Waals surface area contributed by atoms with E-state index in [0.717, 1.165) is 31.5 Å². The van der Waals surface area contributed by atoms with Crippen molar-refractivity contribution in [2.75, 3.05) is 13.1 Å². The Labute approximate surface area is 117 Å². The summed E-state index contributed by atoms with van der Waals surface area (Å²) in [6, 6.07) is 5.25. The van der Waals surface area contributed by atoms with Crippen molar-refractivity contribution < 1.29 is 4.79 Å². The lowest BCUT2D eigenvalue weighted by Crippen LogP contribution is -2.34. The van der Waals surface area contributed by atoms with Crippen molar-refractivity contribution >= 4 is 35.2 Å². The highest BCUT2D eigenvalue weighted by Crippen LogP contribution is 2.22. The van der Waals surface area contributed by atoms with Gasteiger partial charge >= 0.3 is 0 Å². The summed E-state index contributed by atoms with van der Waals surface area (Å²) >= 11 is 11.9. The quantitative estimate of drug-likeness (QED) is 0.751. The van der Waals surface area contributed by atoms with E-state index in [1.54, 1.807) is 24.3 Å². The summed E-state index contributed by atoms with van der Waals surface area (Å²) in [4.78, 5) is 13.8. The minimum atomic E-state index is 0.0562. The predicted molar refractivity (Wildman–Crippen MR) is 75.9 cm³/mol. The molecule has 0 bridgehead atoms. The lowest BCUT2D eigenvalue weighted by molar-refractivity contribution is -0.126. The highest BCUT2D eigenvalue weighted by molar-refractivity contribution is 6.35. The van der Waals surface area contributed by atoms with E-state index in [2.05, 4.69) is 0 Å². The molecular weight excluding hydrogens is 269 g/mol. The summed E-state index contributed by atoms with van der Waals surface area (Å²) in [7, 11) is 0. The number of benzene rings is 1. The smallest absolute Gasteiger partial charge is 0.246 e. The van der Waals surface area contributed by atoms with Crippen LogP contribution in [0.5, 0.6) is 0 Å². The Kier molecular flexibility index (Phi) is 4.67. The lowest BCUT2D eigenvalue weighted by atomic mass is 10.1. The van der Waals surface area contributed by atoms with E-state index in [-0.39, 0.29) is 5.91 Å². The average molecular weight is 284 g/mol. The fourth-order valence-electron chi connectivity index (χ4n) is 2.02. The topological polar surface area (TPSA) is 20.3 Å². The zero-order valence-corrected chi connectivity index (χ0v) is 11.5. The molecule has 4 heteroatoms. The number of hydrogen-bond donors (Lipinski definition) is 0. The summed E-state index contributed by atoms with van der Waals surface area (Å²) in [5, 5.41) is 1.16. The molecule has 0 spiro atoms. The second kappa shape index (κ2) is 6.26. The molecule has 1 fully saturated rings. The largest absolute Gasteiger partial charge is 0.339 e. The molecule has 0 radical (unpaired) electrons. The van der Waals surface area contributed by atoms with Crippen LogP contribution in [0.1, 0.15) is 24.8 Å². The first-order valence-electron chi connectivity index (χ1n) is 6.09. The van der Waals surface area contributed by atoms with Crippen molar-refractivity contribution in [3.05, 3.63) is 39.9 Å². The van der Waals surface area contributed by atoms with Gasteiger partial charge in [-0.25, -0.2) is 0 Å². The maximum absolute atomic E-state index is 11.9. The molecule has 2 nitrogen and oxygen atoms in total. The van der Waals surface area contributed by atoms with Crippen molar-refractivity contribution in [1.29, 1.82) is 0 Å². The van der Waals surface area contributed by atoms with Gasteiger partial charge in [0, 0.05) is 29.2 Å². The van der Waals surface area contributed by atoms with Gasteiger partial charge in [0.25, 0.3) is 0 Å². The molecule has 18 heavy (non-hydrogen) atoms. The van der Waals surface area contributed by atoms with E-state index in [4.69, 9.17) is 23.2 Å². The van der Waals surface area contributed by atoms with Crippen molar-refractivity contribution in [3.63, 3.8) is 0 Å². The number of carbonyl (C=O) groups is 1. The van der Waals surface area contributed by atoms with Crippen LogP contribution in [-0.2, 0) is 4.79 Å². The van der Waals surface area contributed by atoms with Crippen LogP contribution in [0.25, 0.3) is 6.08 Å². The average Bonchev–Trinajstić information content (AvgIpc) is 2.38. The Morgan fingerprint density at radius 1 is 1.17 bits per heavy atom. The number of amides is 1. The molecule has 0 N–H and O–H groups in total. The first-order chi connectivity index (χ1) is 8.66. The third-order valence-corrected chi connectivity index (χ3v) is 3.60. The van der Waals surface area contributed by atoms with Crippen molar-refractivity contribution in [2.24, 2.45) is 0 Å². The van der Waals surface area contributed by atoms with Crippen LogP contribution in [0.3, 0.4) is 0 Å². The monoisotopic (exact) mass is 283 g/mol. The molecule has 1 aliphatic rings. The third-order valence-electron chi connectivity index (χ3n) is 3.04. The highest BCUT2D eigenvalue weighted by atomic mass is 35.5. The van der Waals surface area contributed by atoms with Crippen LogP contribution < -0.4 is 0 Å². The number of nitrogens with zero attached hydrogens (tertiary/aromatic N) is 1. The second-order valence-corrected chi connectivity index (χ2v) is 5.23. The van der Waals surface area contributed by atoms with Crippen molar-refractivity contribution in [3.8, 4) is 0 Å². The lowest BCUT2D eigenvalue weighted by Gasteiger charge is -2.25. The van der Waals surface area contributed by atoms with Gasteiger partial charge in [0.1, 0.15) is 0 Å². The maximum atomic E-state index is 11.9. The van der Waals surface area contributed by atoms with Crippen LogP contribution in [0.15, 0.2) is 24.3 Å². The van der Waals surface area contributed by atoms with Gasteiger partial charge < -0.3 is 4.90 Å². The third kappa shape index (κ3) is 3.50. The van der Waals surface area contributed by atoms with Crippen molar-refractivity contribution in [2.45, 2.75) is 19.3 Å². The summed E-state index contributed by atoms with van der Waals surface area (Å²) in [5.41, 5.74) is 0.812. The standard InChI is InChI=1S/C14H15Cl2NO/c15-12-6-4-11(13(16)10-12)5-7-14(18)17-8-2-1-3-9-17/h4-7,10H,1-3,8-9H2/b7-5+. The molecule has 1 aromatic rings. The van der Waals surface area contributed by atoms with Crippen LogP contribution >= 0.6 is 23.2 Å². The summed E-state index contributed by atoms with van der Waals surface area (Å²) in [6.45, 7) is 1.72. The van der Waals surface area contributed by atoms with Gasteiger partial charge in [-0.1, -0.05) is 29.3 Å². The molecule has 1 aliphatic heterocycles. The van der Waals surface area contributed by atoms with Crippen LogP contribution in [0.4, 0.5) is 0 Å². The number of carbonyl (C=O) groups excluding carboxylic acids is 1. The van der Waals surface area contributed by atoms with E-state index >= 15 is 0 Å². The Balaban J connectivity index is 2.03. The molecule has 0 aliphatic carbocycles. The molecule has 1 aromatic carbocycles. The highest BCUT2D eigenvalue weighted by Gasteiger charge is 2.13. The Morgan fingerprint density at radius 2 is 1.89 bits per heavy atom. The maximum Gasteiger partial charge on any atom is 0.246 e. The fraction of sp³-hybridized carbons (Fsp3) is 0.357. The van der Waals surface area contributed by atoms with Gasteiger partial charge in [-0.05, 0) is 43.0 Å². The van der Waals surface area contributed by atoms with Gasteiger partial charge in [0.2, 0.25) is 5.91 Å². The number of likely N-dealkylation sites (tertiary alicyclic amines) is 1. The second-order valence-electron chi connectivity index (χ2n) is 4.39. The number of hydrogen-bond acceptors (Lipinski definition) is 1. The van der Waals surface area contributed by atoms with E-state index in [0.29, 0.717) is 10.0 Å². The molecule has 2 rings (SSSR count). The zero-order valence-electron chi connectivity index (χ0n) is 10.0. The van der Waals surface area contributed by atoms with Gasteiger partial charge in [0.05, 0.1) is 0 Å². The SMILES string of the molecule is O=C(/C=C/c1ccc(Cl)cc1Cl)N1CCCCC1. The first-order valence-corrected chi connectivity index (χ1v) is 6.84. The minimum Gasteiger partial charge on any atom is -0.339 e. The zero-order chi connectivity index (χ0) is 13.0. The van der Waals surface area contributed by atoms with Crippen molar-refractivity contribution in [1.82, 2.24) is 4.90 Å². The molecule has 1 heterocycles. The minimum absolute atomic E-state index is 0.0562. The normalized spacial score (nSPS) is 16.2. The molecular formula is C14H15Cl2NO. The van der Waals surface area contributed by atoms with E-state index < -0.39 is 0 Å². The Morgan fingerprint density at radius 3 is 2.56 bits per heavy atom. The summed E-state index contributed by atoms with van der Waals surface area (Å²) in [5.74, 6) is 0.0562. The molecule has 0 atom stereocenters. The molecule has 1 saturated heterocycles. The van der Waals surface area contributed by atoms with Crippen LogP contribution in [-0.4, -0.2) is 23.9 Å². The van der Waals surface area contributed by atoms with Gasteiger partial charge in [-0.3, -0.25) is 4.79 Å². The molecule has 1 amide bonds. The molecule has 0 saturated carbocycles. The Bertz CT molecular complexity index is 465. The van der Waals surface area contributed by atoms with Gasteiger partial charge in [0.15, 0.2) is 0 Å². The van der Waals surface area contributed by atoms with E-state index in [9.17, 15) is 4.79 Å².